The smallest absolute Gasteiger partial charge is 0.157 e. The molecular weight excluding hydrogens is 252 g/mol. The Balaban J connectivity index is 2.13. The molecule has 0 aliphatic heterocycles. The topological polar surface area (TPSA) is 17.1 Å². The number of carbonyl (C=O) groups excluding carboxylic acids is 1. The lowest BCUT2D eigenvalue weighted by atomic mass is 9.80. The van der Waals surface area contributed by atoms with E-state index in [9.17, 15) is 4.79 Å². The van der Waals surface area contributed by atoms with Crippen molar-refractivity contribution in [1.29, 1.82) is 0 Å². The summed E-state index contributed by atoms with van der Waals surface area (Å²) in [7, 11) is 0. The predicted molar refractivity (Wildman–Crippen MR) is 73.4 cm³/mol. The first kappa shape index (κ1) is 12.7. The molecule has 0 atom stereocenters. The highest BCUT2D eigenvalue weighted by Gasteiger charge is 2.27. The number of allylic oxidation sites excluding steroid dienone is 2. The summed E-state index contributed by atoms with van der Waals surface area (Å²) in [6, 6.07) is 7.72. The summed E-state index contributed by atoms with van der Waals surface area (Å²) in [4.78, 5) is 13.9. The maximum atomic E-state index is 11.6. The Morgan fingerprint density at radius 2 is 1.82 bits per heavy atom. The molecule has 1 aromatic carbocycles. The van der Waals surface area contributed by atoms with Gasteiger partial charge in [0.2, 0.25) is 0 Å². The van der Waals surface area contributed by atoms with E-state index < -0.39 is 0 Å². The highest BCUT2D eigenvalue weighted by atomic mass is 35.5. The lowest BCUT2D eigenvalue weighted by Gasteiger charge is -2.28. The van der Waals surface area contributed by atoms with Crippen molar-refractivity contribution in [1.82, 2.24) is 0 Å². The Morgan fingerprint density at radius 1 is 1.18 bits per heavy atom. The van der Waals surface area contributed by atoms with E-state index in [2.05, 4.69) is 13.8 Å². The normalized spacial score (nSPS) is 19.0. The molecule has 1 aliphatic carbocycles. The molecule has 0 spiro atoms. The lowest BCUT2D eigenvalue weighted by molar-refractivity contribution is -0.116. The molecule has 0 heterocycles. The van der Waals surface area contributed by atoms with Crippen molar-refractivity contribution in [2.45, 2.75) is 31.6 Å². The Labute approximate surface area is 111 Å². The van der Waals surface area contributed by atoms with Crippen molar-refractivity contribution >= 4 is 29.1 Å². The van der Waals surface area contributed by atoms with Crippen LogP contribution in [0.25, 0.3) is 0 Å². The minimum atomic E-state index is 0.0839. The van der Waals surface area contributed by atoms with Gasteiger partial charge < -0.3 is 0 Å². The van der Waals surface area contributed by atoms with Crippen molar-refractivity contribution in [3.63, 3.8) is 0 Å². The lowest BCUT2D eigenvalue weighted by Crippen LogP contribution is -2.20. The number of thioether (sulfide) groups is 1. The van der Waals surface area contributed by atoms with Gasteiger partial charge in [0, 0.05) is 16.3 Å². The van der Waals surface area contributed by atoms with Crippen LogP contribution in [0, 0.1) is 5.41 Å². The molecule has 0 fully saturated rings. The number of carbonyl (C=O) groups is 1. The summed E-state index contributed by atoms with van der Waals surface area (Å²) < 4.78 is 0. The molecule has 0 radical (unpaired) electrons. The molecule has 2 rings (SSSR count). The van der Waals surface area contributed by atoms with Crippen LogP contribution in [0.4, 0.5) is 0 Å². The SMILES string of the molecule is CC1(C)CC(=O)C=C(Sc2ccc(Cl)cc2)C1. The second kappa shape index (κ2) is 4.87. The first-order valence-corrected chi connectivity index (χ1v) is 6.81. The fourth-order valence-electron chi connectivity index (χ4n) is 2.01. The van der Waals surface area contributed by atoms with E-state index in [0.717, 1.165) is 21.2 Å². The molecular formula is C14H15ClOS. The maximum Gasteiger partial charge on any atom is 0.157 e. The van der Waals surface area contributed by atoms with Crippen LogP contribution < -0.4 is 0 Å². The number of hydrogen-bond donors (Lipinski definition) is 0. The zero-order valence-electron chi connectivity index (χ0n) is 10.00. The molecule has 0 unspecified atom stereocenters. The number of hydrogen-bond acceptors (Lipinski definition) is 2. The van der Waals surface area contributed by atoms with Crippen molar-refractivity contribution in [2.24, 2.45) is 5.41 Å². The highest BCUT2D eigenvalue weighted by molar-refractivity contribution is 8.03. The number of benzene rings is 1. The van der Waals surface area contributed by atoms with Crippen LogP contribution in [0.15, 0.2) is 40.1 Å². The Hall–Kier alpha value is -0.730. The minimum absolute atomic E-state index is 0.0839. The third kappa shape index (κ3) is 3.62. The summed E-state index contributed by atoms with van der Waals surface area (Å²) in [6.45, 7) is 4.28. The van der Waals surface area contributed by atoms with Crippen LogP contribution in [-0.2, 0) is 4.79 Å². The fraction of sp³-hybridized carbons (Fsp3) is 0.357. The molecule has 17 heavy (non-hydrogen) atoms. The Morgan fingerprint density at radius 3 is 2.41 bits per heavy atom. The monoisotopic (exact) mass is 266 g/mol. The van der Waals surface area contributed by atoms with E-state index in [1.165, 1.54) is 0 Å². The third-order valence-electron chi connectivity index (χ3n) is 2.69. The van der Waals surface area contributed by atoms with Crippen LogP contribution in [0.3, 0.4) is 0 Å². The average molecular weight is 267 g/mol. The van der Waals surface area contributed by atoms with Crippen molar-refractivity contribution < 1.29 is 4.79 Å². The molecule has 1 nitrogen and oxygen atoms in total. The van der Waals surface area contributed by atoms with Crippen LogP contribution in [0.5, 0.6) is 0 Å². The van der Waals surface area contributed by atoms with Crippen LogP contribution in [-0.4, -0.2) is 5.78 Å². The van der Waals surface area contributed by atoms with E-state index in [1.54, 1.807) is 17.8 Å². The van der Waals surface area contributed by atoms with Gasteiger partial charge in [0.25, 0.3) is 0 Å². The molecule has 0 bridgehead atoms. The largest absolute Gasteiger partial charge is 0.295 e. The van der Waals surface area contributed by atoms with Crippen molar-refractivity contribution in [3.8, 4) is 0 Å². The number of halogens is 1. The molecule has 1 aromatic rings. The van der Waals surface area contributed by atoms with Crippen LogP contribution >= 0.6 is 23.4 Å². The molecule has 0 saturated heterocycles. The van der Waals surface area contributed by atoms with Crippen molar-refractivity contribution in [3.05, 3.63) is 40.3 Å². The quantitative estimate of drug-likeness (QED) is 0.771. The minimum Gasteiger partial charge on any atom is -0.295 e. The predicted octanol–water partition coefficient (Wildman–Crippen LogP) is 4.71. The Kier molecular flexibility index (Phi) is 3.64. The van der Waals surface area contributed by atoms with E-state index in [0.29, 0.717) is 6.42 Å². The van der Waals surface area contributed by atoms with E-state index in [1.807, 2.05) is 24.3 Å². The van der Waals surface area contributed by atoms with Gasteiger partial charge in [-0.3, -0.25) is 4.79 Å². The molecule has 1 aliphatic rings. The van der Waals surface area contributed by atoms with Gasteiger partial charge in [0.15, 0.2) is 5.78 Å². The first-order chi connectivity index (χ1) is 7.94. The van der Waals surface area contributed by atoms with E-state index >= 15 is 0 Å². The highest BCUT2D eigenvalue weighted by Crippen LogP contribution is 2.41. The first-order valence-electron chi connectivity index (χ1n) is 5.61. The average Bonchev–Trinajstić information content (AvgIpc) is 2.18. The maximum absolute atomic E-state index is 11.6. The molecule has 3 heteroatoms. The fourth-order valence-corrected chi connectivity index (χ4v) is 3.36. The van der Waals surface area contributed by atoms with Gasteiger partial charge in [0.1, 0.15) is 0 Å². The summed E-state index contributed by atoms with van der Waals surface area (Å²) in [5.41, 5.74) is 0.0839. The summed E-state index contributed by atoms with van der Waals surface area (Å²) >= 11 is 7.51. The van der Waals surface area contributed by atoms with E-state index in [-0.39, 0.29) is 11.2 Å². The second-order valence-electron chi connectivity index (χ2n) is 5.15. The van der Waals surface area contributed by atoms with Crippen LogP contribution in [0.2, 0.25) is 5.02 Å². The molecule has 0 aromatic heterocycles. The number of ketones is 1. The second-order valence-corrected chi connectivity index (χ2v) is 6.79. The molecule has 90 valence electrons. The standard InChI is InChI=1S/C14H15ClOS/c1-14(2)8-11(16)7-13(9-14)17-12-5-3-10(15)4-6-12/h3-7H,8-9H2,1-2H3. The summed E-state index contributed by atoms with van der Waals surface area (Å²) in [5.74, 6) is 0.234. The van der Waals surface area contributed by atoms with Gasteiger partial charge >= 0.3 is 0 Å². The van der Waals surface area contributed by atoms with E-state index in [4.69, 9.17) is 11.6 Å². The van der Waals surface area contributed by atoms with Gasteiger partial charge in [-0.25, -0.2) is 0 Å². The van der Waals surface area contributed by atoms with Crippen LogP contribution in [0.1, 0.15) is 26.7 Å². The van der Waals surface area contributed by atoms with Gasteiger partial charge in [0.05, 0.1) is 0 Å². The third-order valence-corrected chi connectivity index (χ3v) is 3.97. The van der Waals surface area contributed by atoms with Gasteiger partial charge in [-0.1, -0.05) is 37.2 Å². The molecule has 0 saturated carbocycles. The molecule has 0 N–H and O–H groups in total. The van der Waals surface area contributed by atoms with Gasteiger partial charge in [-0.15, -0.1) is 0 Å². The molecule has 0 amide bonds. The summed E-state index contributed by atoms with van der Waals surface area (Å²) in [6.07, 6.45) is 3.40. The zero-order valence-corrected chi connectivity index (χ0v) is 11.6. The summed E-state index contributed by atoms with van der Waals surface area (Å²) in [5, 5.41) is 0.739. The van der Waals surface area contributed by atoms with Gasteiger partial charge in [-0.2, -0.15) is 0 Å². The Bertz CT molecular complexity index is 460. The zero-order chi connectivity index (χ0) is 12.5. The number of rotatable bonds is 2. The van der Waals surface area contributed by atoms with Gasteiger partial charge in [-0.05, 0) is 47.1 Å². The van der Waals surface area contributed by atoms with Crippen molar-refractivity contribution in [2.75, 3.05) is 0 Å².